The summed E-state index contributed by atoms with van der Waals surface area (Å²) in [5.74, 6) is -1.06. The van der Waals surface area contributed by atoms with Gasteiger partial charge in [-0.15, -0.1) is 0 Å². The molecule has 0 bridgehead atoms. The normalized spacial score (nSPS) is 15.3. The summed E-state index contributed by atoms with van der Waals surface area (Å²) >= 11 is 0. The van der Waals surface area contributed by atoms with E-state index >= 15 is 0 Å². The van der Waals surface area contributed by atoms with E-state index in [1.165, 1.54) is 0 Å². The number of nitrogens with one attached hydrogen (secondary N) is 1. The topological polar surface area (TPSA) is 90.7 Å². The summed E-state index contributed by atoms with van der Waals surface area (Å²) in [6.07, 6.45) is 0.725. The molecular formula is C26H32N2O5. The minimum atomic E-state index is -0.705. The standard InChI is InChI=1S/C26H32N2O5/c1-7-31-25(29)21-16(4)27-17(5)22(26(30)32-8-2)23(21)20-18(6)28-33-24(20)15(3)14-19-12-10-9-11-13-19/h9-13,15,23,27H,7-8,14H2,1-6H3. The lowest BCUT2D eigenvalue weighted by atomic mass is 9.77. The Hall–Kier alpha value is -3.35. The van der Waals surface area contributed by atoms with Crippen LogP contribution in [0, 0.1) is 6.92 Å². The van der Waals surface area contributed by atoms with Gasteiger partial charge in [-0.25, -0.2) is 9.59 Å². The number of carbonyl (C=O) groups excluding carboxylic acids is 2. The van der Waals surface area contributed by atoms with Crippen LogP contribution in [0.3, 0.4) is 0 Å². The molecule has 0 radical (unpaired) electrons. The van der Waals surface area contributed by atoms with Crippen molar-refractivity contribution in [3.8, 4) is 0 Å². The minimum absolute atomic E-state index is 0.0361. The fourth-order valence-electron chi connectivity index (χ4n) is 4.40. The number of rotatable bonds is 8. The summed E-state index contributed by atoms with van der Waals surface area (Å²) in [6, 6.07) is 10.1. The van der Waals surface area contributed by atoms with E-state index in [1.54, 1.807) is 27.7 Å². The number of carbonyl (C=O) groups is 2. The summed E-state index contributed by atoms with van der Waals surface area (Å²) in [5.41, 5.74) is 4.49. The van der Waals surface area contributed by atoms with Crippen LogP contribution in [0.25, 0.3) is 0 Å². The largest absolute Gasteiger partial charge is 0.463 e. The lowest BCUT2D eigenvalue weighted by Crippen LogP contribution is -2.33. The first-order valence-electron chi connectivity index (χ1n) is 11.3. The van der Waals surface area contributed by atoms with Crippen molar-refractivity contribution in [2.75, 3.05) is 13.2 Å². The van der Waals surface area contributed by atoms with Gasteiger partial charge < -0.3 is 19.3 Å². The molecule has 0 fully saturated rings. The van der Waals surface area contributed by atoms with Crippen LogP contribution in [0.1, 0.15) is 69.0 Å². The molecule has 1 aliphatic heterocycles. The zero-order valence-electron chi connectivity index (χ0n) is 20.2. The summed E-state index contributed by atoms with van der Waals surface area (Å²) < 4.78 is 16.6. The van der Waals surface area contributed by atoms with E-state index in [1.807, 2.05) is 25.1 Å². The smallest absolute Gasteiger partial charge is 0.336 e. The van der Waals surface area contributed by atoms with Gasteiger partial charge in [-0.2, -0.15) is 0 Å². The third-order valence-corrected chi connectivity index (χ3v) is 5.81. The minimum Gasteiger partial charge on any atom is -0.463 e. The van der Waals surface area contributed by atoms with Gasteiger partial charge in [0.1, 0.15) is 5.76 Å². The molecule has 3 rings (SSSR count). The van der Waals surface area contributed by atoms with E-state index in [9.17, 15) is 9.59 Å². The van der Waals surface area contributed by atoms with Crippen LogP contribution in [-0.2, 0) is 25.5 Å². The molecule has 176 valence electrons. The van der Waals surface area contributed by atoms with Crippen molar-refractivity contribution in [3.63, 3.8) is 0 Å². The van der Waals surface area contributed by atoms with Gasteiger partial charge in [-0.1, -0.05) is 42.4 Å². The zero-order chi connectivity index (χ0) is 24.1. The van der Waals surface area contributed by atoms with Gasteiger partial charge in [0.05, 0.1) is 36.0 Å². The SMILES string of the molecule is CCOC(=O)C1=C(C)NC(C)=C(C(=O)OCC)C1c1c(C)noc1C(C)Cc1ccccc1. The number of hydrogen-bond donors (Lipinski definition) is 1. The van der Waals surface area contributed by atoms with Crippen LogP contribution in [0.2, 0.25) is 0 Å². The molecule has 0 amide bonds. The average Bonchev–Trinajstić information content (AvgIpc) is 3.15. The second-order valence-electron chi connectivity index (χ2n) is 8.21. The number of ether oxygens (including phenoxy) is 2. The highest BCUT2D eigenvalue weighted by atomic mass is 16.5. The molecule has 7 nitrogen and oxygen atoms in total. The van der Waals surface area contributed by atoms with Gasteiger partial charge in [0, 0.05) is 22.9 Å². The Morgan fingerprint density at radius 2 is 1.55 bits per heavy atom. The van der Waals surface area contributed by atoms with Crippen molar-refractivity contribution in [2.24, 2.45) is 0 Å². The number of dihydropyridines is 1. The molecule has 0 spiro atoms. The Kier molecular flexibility index (Phi) is 7.74. The molecule has 0 saturated carbocycles. The number of aromatic nitrogens is 1. The molecule has 1 aromatic heterocycles. The molecule has 0 aliphatic carbocycles. The number of benzene rings is 1. The van der Waals surface area contributed by atoms with E-state index < -0.39 is 17.9 Å². The van der Waals surface area contributed by atoms with Gasteiger partial charge in [-0.3, -0.25) is 0 Å². The van der Waals surface area contributed by atoms with Gasteiger partial charge in [0.25, 0.3) is 0 Å². The van der Waals surface area contributed by atoms with E-state index in [-0.39, 0.29) is 19.1 Å². The predicted octanol–water partition coefficient (Wildman–Crippen LogP) is 4.69. The fourth-order valence-corrected chi connectivity index (χ4v) is 4.40. The molecule has 1 N–H and O–H groups in total. The van der Waals surface area contributed by atoms with Crippen molar-refractivity contribution >= 4 is 11.9 Å². The maximum absolute atomic E-state index is 13.1. The molecule has 1 atom stereocenters. The van der Waals surface area contributed by atoms with Crippen LogP contribution in [-0.4, -0.2) is 30.3 Å². The number of aryl methyl sites for hydroxylation is 1. The third kappa shape index (κ3) is 5.02. The first-order chi connectivity index (χ1) is 15.8. The number of hydrogen-bond acceptors (Lipinski definition) is 7. The van der Waals surface area contributed by atoms with E-state index in [4.69, 9.17) is 14.0 Å². The summed E-state index contributed by atoms with van der Waals surface area (Å²) in [7, 11) is 0. The Morgan fingerprint density at radius 3 is 2.06 bits per heavy atom. The molecule has 33 heavy (non-hydrogen) atoms. The molecule has 7 heteroatoms. The molecule has 1 aromatic carbocycles. The predicted molar refractivity (Wildman–Crippen MR) is 124 cm³/mol. The Balaban J connectivity index is 2.16. The van der Waals surface area contributed by atoms with E-state index in [0.29, 0.717) is 39.6 Å². The first kappa shape index (κ1) is 24.3. The number of allylic oxidation sites excluding steroid dienone is 2. The second kappa shape index (κ2) is 10.5. The van der Waals surface area contributed by atoms with Gasteiger partial charge >= 0.3 is 11.9 Å². The number of esters is 2. The monoisotopic (exact) mass is 452 g/mol. The van der Waals surface area contributed by atoms with E-state index in [2.05, 4.69) is 29.5 Å². The lowest BCUT2D eigenvalue weighted by molar-refractivity contribution is -0.139. The highest BCUT2D eigenvalue weighted by molar-refractivity contribution is 6.00. The molecule has 2 aromatic rings. The van der Waals surface area contributed by atoms with Crippen molar-refractivity contribution in [3.05, 3.63) is 75.5 Å². The Morgan fingerprint density at radius 1 is 1.00 bits per heavy atom. The van der Waals surface area contributed by atoms with E-state index in [0.717, 1.165) is 12.0 Å². The maximum Gasteiger partial charge on any atom is 0.336 e. The van der Waals surface area contributed by atoms with Crippen LogP contribution in [0.15, 0.2) is 57.4 Å². The molecule has 0 saturated heterocycles. The quantitative estimate of drug-likeness (QED) is 0.581. The van der Waals surface area contributed by atoms with Crippen molar-refractivity contribution in [1.29, 1.82) is 0 Å². The zero-order valence-corrected chi connectivity index (χ0v) is 20.2. The Labute approximate surface area is 194 Å². The van der Waals surface area contributed by atoms with Crippen LogP contribution < -0.4 is 5.32 Å². The number of nitrogens with zero attached hydrogens (tertiary/aromatic N) is 1. The van der Waals surface area contributed by atoms with Crippen LogP contribution >= 0.6 is 0 Å². The highest BCUT2D eigenvalue weighted by Crippen LogP contribution is 2.44. The van der Waals surface area contributed by atoms with Crippen molar-refractivity contribution in [1.82, 2.24) is 10.5 Å². The molecular weight excluding hydrogens is 420 g/mol. The lowest BCUT2D eigenvalue weighted by Gasteiger charge is -2.30. The maximum atomic E-state index is 13.1. The van der Waals surface area contributed by atoms with Crippen LogP contribution in [0.4, 0.5) is 0 Å². The van der Waals surface area contributed by atoms with Gasteiger partial charge in [0.15, 0.2) is 0 Å². The third-order valence-electron chi connectivity index (χ3n) is 5.81. The molecule has 1 unspecified atom stereocenters. The average molecular weight is 453 g/mol. The molecule has 1 aliphatic rings. The van der Waals surface area contributed by atoms with Crippen LogP contribution in [0.5, 0.6) is 0 Å². The van der Waals surface area contributed by atoms with Gasteiger partial charge in [-0.05, 0) is 46.6 Å². The van der Waals surface area contributed by atoms with Gasteiger partial charge in [0.2, 0.25) is 0 Å². The first-order valence-corrected chi connectivity index (χ1v) is 11.3. The summed E-state index contributed by atoms with van der Waals surface area (Å²) in [5, 5.41) is 7.40. The summed E-state index contributed by atoms with van der Waals surface area (Å²) in [4.78, 5) is 26.2. The van der Waals surface area contributed by atoms with Crippen molar-refractivity contribution in [2.45, 2.75) is 59.8 Å². The molecule has 2 heterocycles. The second-order valence-corrected chi connectivity index (χ2v) is 8.21. The Bertz CT molecular complexity index is 1040. The summed E-state index contributed by atoms with van der Waals surface area (Å²) in [6.45, 7) is 11.4. The fraction of sp³-hybridized carbons (Fsp3) is 0.423. The highest BCUT2D eigenvalue weighted by Gasteiger charge is 2.42. The van der Waals surface area contributed by atoms with Crippen molar-refractivity contribution < 1.29 is 23.6 Å².